The highest BCUT2D eigenvalue weighted by Crippen LogP contribution is 2.33. The van der Waals surface area contributed by atoms with E-state index >= 15 is 0 Å². The Morgan fingerprint density at radius 3 is 2.19 bits per heavy atom. The molecule has 0 aliphatic carbocycles. The summed E-state index contributed by atoms with van der Waals surface area (Å²) in [6, 6.07) is 17.7. The van der Waals surface area contributed by atoms with Crippen LogP contribution in [-0.2, 0) is 11.3 Å². The van der Waals surface area contributed by atoms with Crippen molar-refractivity contribution in [1.82, 2.24) is 0 Å². The molecule has 3 rings (SSSR count). The second-order valence-electron chi connectivity index (χ2n) is 5.59. The summed E-state index contributed by atoms with van der Waals surface area (Å²) in [5.41, 5.74) is 1.94. The van der Waals surface area contributed by atoms with Crippen molar-refractivity contribution >= 4 is 40.2 Å². The van der Waals surface area contributed by atoms with Gasteiger partial charge in [-0.3, -0.25) is 4.55 Å². The minimum Gasteiger partial charge on any atom is -0.507 e. The van der Waals surface area contributed by atoms with Gasteiger partial charge in [-0.15, -0.1) is 0 Å². The minimum atomic E-state index is -2.45. The molecule has 6 nitrogen and oxygen atoms in total. The number of phenols is 1. The Labute approximate surface area is 162 Å². The van der Waals surface area contributed by atoms with Crippen LogP contribution in [0.2, 0.25) is 5.02 Å². The first-order chi connectivity index (χ1) is 12.9. The molecule has 0 saturated heterocycles. The Morgan fingerprint density at radius 1 is 0.926 bits per heavy atom. The van der Waals surface area contributed by atoms with Crippen molar-refractivity contribution in [3.63, 3.8) is 0 Å². The number of hydrogen-bond donors (Lipinski definition) is 3. The lowest BCUT2D eigenvalue weighted by Crippen LogP contribution is -2.19. The smallest absolute Gasteiger partial charge is 0.339 e. The van der Waals surface area contributed by atoms with E-state index < -0.39 is 23.0 Å². The molecule has 0 amide bonds. The van der Waals surface area contributed by atoms with Crippen molar-refractivity contribution in [2.24, 2.45) is 0 Å². The van der Waals surface area contributed by atoms with Crippen molar-refractivity contribution in [3.05, 3.63) is 77.3 Å². The highest BCUT2D eigenvalue weighted by atomic mass is 35.5. The maximum atomic E-state index is 11.9. The highest BCUT2D eigenvalue weighted by molar-refractivity contribution is 7.81. The van der Waals surface area contributed by atoms with E-state index in [0.29, 0.717) is 10.7 Å². The van der Waals surface area contributed by atoms with Crippen LogP contribution in [0, 0.1) is 0 Å². The number of anilines is 2. The van der Waals surface area contributed by atoms with E-state index in [4.69, 9.17) is 16.7 Å². The number of carboxylic acid groups (broad SMARTS) is 1. The predicted molar refractivity (Wildman–Crippen MR) is 105 cm³/mol. The molecule has 1 atom stereocenters. The molecule has 3 N–H and O–H groups in total. The number of carbonyl (C=O) groups is 1. The summed E-state index contributed by atoms with van der Waals surface area (Å²) in [7, 11) is 0. The number of carboxylic acids is 1. The number of rotatable bonds is 5. The van der Waals surface area contributed by atoms with Crippen LogP contribution in [0.25, 0.3) is 11.1 Å². The van der Waals surface area contributed by atoms with Gasteiger partial charge < -0.3 is 10.2 Å². The average molecular weight is 404 g/mol. The van der Waals surface area contributed by atoms with E-state index in [1.165, 1.54) is 12.1 Å². The van der Waals surface area contributed by atoms with Crippen LogP contribution in [-0.4, -0.2) is 24.9 Å². The number of halogens is 1. The van der Waals surface area contributed by atoms with Crippen molar-refractivity contribution in [3.8, 4) is 16.9 Å². The summed E-state index contributed by atoms with van der Waals surface area (Å²) in [5, 5.41) is 19.5. The fraction of sp³-hybridized carbons (Fsp3) is 0. The molecular weight excluding hydrogens is 390 g/mol. The number of hydrogen-bond acceptors (Lipinski definition) is 3. The third-order valence-electron chi connectivity index (χ3n) is 3.86. The molecule has 0 heterocycles. The molecule has 0 fully saturated rings. The first-order valence-electron chi connectivity index (χ1n) is 7.70. The van der Waals surface area contributed by atoms with Gasteiger partial charge in [0.05, 0.1) is 11.4 Å². The van der Waals surface area contributed by atoms with Gasteiger partial charge in [0.25, 0.3) is 11.3 Å². The molecule has 1 unspecified atom stereocenters. The van der Waals surface area contributed by atoms with E-state index in [9.17, 15) is 18.7 Å². The zero-order valence-electron chi connectivity index (χ0n) is 13.7. The SMILES string of the molecule is O=C(O)c1ccc(N(c2cccc(-c3ccc(Cl)cc3)c2)S(=O)O)cc1O. The van der Waals surface area contributed by atoms with E-state index in [0.717, 1.165) is 21.5 Å². The topological polar surface area (TPSA) is 98.1 Å². The van der Waals surface area contributed by atoms with Crippen LogP contribution in [0.5, 0.6) is 5.75 Å². The third kappa shape index (κ3) is 4.11. The Balaban J connectivity index is 2.05. The van der Waals surface area contributed by atoms with Gasteiger partial charge in [-0.2, -0.15) is 0 Å². The van der Waals surface area contributed by atoms with Crippen LogP contribution in [0.15, 0.2) is 66.7 Å². The van der Waals surface area contributed by atoms with Crippen molar-refractivity contribution in [1.29, 1.82) is 0 Å². The first kappa shape index (κ1) is 18.9. The van der Waals surface area contributed by atoms with E-state index in [2.05, 4.69) is 0 Å². The van der Waals surface area contributed by atoms with Crippen molar-refractivity contribution in [2.45, 2.75) is 0 Å². The molecule has 138 valence electrons. The maximum Gasteiger partial charge on any atom is 0.339 e. The number of aromatic hydroxyl groups is 1. The molecule has 27 heavy (non-hydrogen) atoms. The molecule has 8 heteroatoms. The third-order valence-corrected chi connectivity index (χ3v) is 4.85. The summed E-state index contributed by atoms with van der Waals surface area (Å²) < 4.78 is 22.8. The number of benzene rings is 3. The van der Waals surface area contributed by atoms with E-state index in [-0.39, 0.29) is 11.3 Å². The normalized spacial score (nSPS) is 11.8. The molecule has 0 aliphatic rings. The molecule has 0 radical (unpaired) electrons. The minimum absolute atomic E-state index is 0.173. The molecule has 0 aromatic heterocycles. The van der Waals surface area contributed by atoms with Gasteiger partial charge in [-0.1, -0.05) is 35.9 Å². The summed E-state index contributed by atoms with van der Waals surface area (Å²) in [6.45, 7) is 0. The fourth-order valence-corrected chi connectivity index (χ4v) is 3.32. The van der Waals surface area contributed by atoms with Gasteiger partial charge in [0, 0.05) is 11.1 Å². The van der Waals surface area contributed by atoms with E-state index in [1.54, 1.807) is 30.3 Å². The number of aromatic carboxylic acids is 1. The summed E-state index contributed by atoms with van der Waals surface area (Å²) in [6.07, 6.45) is 0. The Bertz CT molecular complexity index is 1020. The van der Waals surface area contributed by atoms with Gasteiger partial charge >= 0.3 is 5.97 Å². The van der Waals surface area contributed by atoms with Gasteiger partial charge in [-0.25, -0.2) is 13.3 Å². The summed E-state index contributed by atoms with van der Waals surface area (Å²) in [5.74, 6) is -1.79. The molecule has 0 aliphatic heterocycles. The standard InChI is InChI=1S/C19H14ClNO5S/c20-14-6-4-12(5-7-14)13-2-1-3-15(10-13)21(27(25)26)16-8-9-17(19(23)24)18(22)11-16/h1-11,22H,(H,23,24)(H,25,26). The monoisotopic (exact) mass is 403 g/mol. The van der Waals surface area contributed by atoms with Crippen LogP contribution in [0.4, 0.5) is 11.4 Å². The molecule has 0 bridgehead atoms. The highest BCUT2D eigenvalue weighted by Gasteiger charge is 2.19. The van der Waals surface area contributed by atoms with Crippen LogP contribution in [0.3, 0.4) is 0 Å². The molecule has 0 saturated carbocycles. The predicted octanol–water partition coefficient (Wildman–Crippen LogP) is 4.69. The summed E-state index contributed by atoms with van der Waals surface area (Å²) >= 11 is 3.46. The molecule has 0 spiro atoms. The van der Waals surface area contributed by atoms with Crippen molar-refractivity contribution < 1.29 is 23.8 Å². The van der Waals surface area contributed by atoms with Gasteiger partial charge in [0.1, 0.15) is 11.3 Å². The first-order valence-corrected chi connectivity index (χ1v) is 9.14. The lowest BCUT2D eigenvalue weighted by atomic mass is 10.1. The molecular formula is C19H14ClNO5S. The Kier molecular flexibility index (Phi) is 5.46. The fourth-order valence-electron chi connectivity index (χ4n) is 2.61. The average Bonchev–Trinajstić information content (AvgIpc) is 2.62. The van der Waals surface area contributed by atoms with Crippen LogP contribution < -0.4 is 4.31 Å². The Hall–Kier alpha value is -2.87. The van der Waals surface area contributed by atoms with Crippen LogP contribution in [0.1, 0.15) is 10.4 Å². The van der Waals surface area contributed by atoms with Crippen molar-refractivity contribution in [2.75, 3.05) is 4.31 Å². The second kappa shape index (κ2) is 7.79. The lowest BCUT2D eigenvalue weighted by Gasteiger charge is -2.21. The van der Waals surface area contributed by atoms with Gasteiger partial charge in [0.2, 0.25) is 0 Å². The molecule has 3 aromatic carbocycles. The Morgan fingerprint density at radius 2 is 1.59 bits per heavy atom. The zero-order chi connectivity index (χ0) is 19.6. The van der Waals surface area contributed by atoms with Gasteiger partial charge in [-0.05, 0) is 47.5 Å². The van der Waals surface area contributed by atoms with E-state index in [1.807, 2.05) is 18.2 Å². The molecule has 3 aromatic rings. The quantitative estimate of drug-likeness (QED) is 0.537. The van der Waals surface area contributed by atoms with Gasteiger partial charge in [0.15, 0.2) is 0 Å². The second-order valence-corrected chi connectivity index (χ2v) is 6.85. The van der Waals surface area contributed by atoms with Crippen LogP contribution >= 0.6 is 11.6 Å². The lowest BCUT2D eigenvalue weighted by molar-refractivity contribution is 0.0694. The maximum absolute atomic E-state index is 11.9. The summed E-state index contributed by atoms with van der Waals surface area (Å²) in [4.78, 5) is 11.0. The largest absolute Gasteiger partial charge is 0.507 e. The number of nitrogens with zero attached hydrogens (tertiary/aromatic N) is 1. The zero-order valence-corrected chi connectivity index (χ0v) is 15.3.